The number of rotatable bonds is 10. The van der Waals surface area contributed by atoms with Crippen LogP contribution in [-0.2, 0) is 4.79 Å². The summed E-state index contributed by atoms with van der Waals surface area (Å²) < 4.78 is 17.4. The zero-order valence-electron chi connectivity index (χ0n) is 22.2. The van der Waals surface area contributed by atoms with Crippen molar-refractivity contribution in [1.82, 2.24) is 4.90 Å². The number of nitrogens with zero attached hydrogens (tertiary/aromatic N) is 1. The van der Waals surface area contributed by atoms with Gasteiger partial charge in [-0.1, -0.05) is 49.7 Å². The Hall–Kier alpha value is -3.77. The molecule has 3 aromatic carbocycles. The summed E-state index contributed by atoms with van der Waals surface area (Å²) in [6.45, 7) is 10.1. The molecule has 6 heteroatoms. The fourth-order valence-corrected chi connectivity index (χ4v) is 4.33. The second-order valence-electron chi connectivity index (χ2n) is 9.08. The summed E-state index contributed by atoms with van der Waals surface area (Å²) in [4.78, 5) is 15.5. The van der Waals surface area contributed by atoms with Crippen molar-refractivity contribution in [1.29, 1.82) is 0 Å². The van der Waals surface area contributed by atoms with E-state index in [0.29, 0.717) is 42.4 Å². The monoisotopic (exact) mass is 500 g/mol. The number of methoxy groups -OCH3 is 1. The maximum absolute atomic E-state index is 13.3. The highest BCUT2D eigenvalue weighted by Crippen LogP contribution is 2.33. The minimum absolute atomic E-state index is 0.156. The van der Waals surface area contributed by atoms with Gasteiger partial charge >= 0.3 is 0 Å². The zero-order valence-corrected chi connectivity index (χ0v) is 22.2. The molecule has 1 aliphatic rings. The Balaban J connectivity index is 1.51. The van der Waals surface area contributed by atoms with Crippen LogP contribution in [0.25, 0.3) is 17.2 Å². The van der Waals surface area contributed by atoms with Gasteiger partial charge in [-0.25, -0.2) is 0 Å². The molecular weight excluding hydrogens is 464 g/mol. The van der Waals surface area contributed by atoms with Crippen molar-refractivity contribution >= 4 is 17.7 Å². The fraction of sp³-hybridized carbons (Fsp3) is 0.323. The number of hydrogen-bond donors (Lipinski definition) is 1. The Bertz CT molecular complexity index is 1250. The van der Waals surface area contributed by atoms with E-state index in [1.807, 2.05) is 30.3 Å². The quantitative estimate of drug-likeness (QED) is 0.359. The van der Waals surface area contributed by atoms with Gasteiger partial charge in [0.2, 0.25) is 0 Å². The van der Waals surface area contributed by atoms with Gasteiger partial charge < -0.3 is 24.4 Å². The van der Waals surface area contributed by atoms with Crippen molar-refractivity contribution in [2.45, 2.75) is 27.2 Å². The lowest BCUT2D eigenvalue weighted by Gasteiger charge is -2.19. The summed E-state index contributed by atoms with van der Waals surface area (Å²) in [6, 6.07) is 20.0. The van der Waals surface area contributed by atoms with Crippen LogP contribution in [0.15, 0.2) is 66.2 Å². The van der Waals surface area contributed by atoms with Gasteiger partial charge in [-0.15, -0.1) is 0 Å². The van der Waals surface area contributed by atoms with Crippen LogP contribution in [0.1, 0.15) is 31.4 Å². The first-order chi connectivity index (χ1) is 18.0. The minimum atomic E-state index is -0.156. The lowest BCUT2D eigenvalue weighted by Crippen LogP contribution is -2.28. The number of nitrogens with one attached hydrogen (secondary N) is 1. The van der Waals surface area contributed by atoms with E-state index in [2.05, 4.69) is 67.4 Å². The average molecular weight is 501 g/mol. The highest BCUT2D eigenvalue weighted by Gasteiger charge is 2.17. The van der Waals surface area contributed by atoms with Gasteiger partial charge in [-0.2, -0.15) is 0 Å². The number of fused-ring (bicyclic) bond motifs is 1. The SMILES string of the molecule is CCN(CC)CCOc1cc(NC(=O)C2=Cc3cc(-c4ccc(C)cc4)ccc3OCC2)ccc1OC. The first-order valence-electron chi connectivity index (χ1n) is 12.9. The van der Waals surface area contributed by atoms with E-state index in [-0.39, 0.29) is 5.91 Å². The molecule has 1 N–H and O–H groups in total. The molecule has 0 saturated heterocycles. The van der Waals surface area contributed by atoms with Crippen molar-refractivity contribution in [3.05, 3.63) is 77.4 Å². The molecule has 4 rings (SSSR count). The van der Waals surface area contributed by atoms with E-state index in [1.165, 1.54) is 5.56 Å². The van der Waals surface area contributed by atoms with E-state index in [9.17, 15) is 4.79 Å². The first kappa shape index (κ1) is 26.3. The van der Waals surface area contributed by atoms with Crippen LogP contribution in [0.4, 0.5) is 5.69 Å². The van der Waals surface area contributed by atoms with E-state index < -0.39 is 0 Å². The number of ether oxygens (including phenoxy) is 3. The molecule has 0 fully saturated rings. The molecule has 0 bridgehead atoms. The predicted molar refractivity (Wildman–Crippen MR) is 150 cm³/mol. The third-order valence-electron chi connectivity index (χ3n) is 6.63. The zero-order chi connectivity index (χ0) is 26.2. The summed E-state index contributed by atoms with van der Waals surface area (Å²) in [5.74, 6) is 1.87. The number of benzene rings is 3. The number of aryl methyl sites for hydroxylation is 1. The number of likely N-dealkylation sites (N-methyl/N-ethyl adjacent to an activating group) is 1. The van der Waals surface area contributed by atoms with Crippen LogP contribution in [-0.4, -0.2) is 50.8 Å². The lowest BCUT2D eigenvalue weighted by atomic mass is 10.00. The third kappa shape index (κ3) is 6.71. The average Bonchev–Trinajstić information content (AvgIpc) is 3.14. The molecule has 194 valence electrons. The van der Waals surface area contributed by atoms with Crippen LogP contribution < -0.4 is 19.5 Å². The van der Waals surface area contributed by atoms with Gasteiger partial charge in [0, 0.05) is 35.9 Å². The molecule has 0 aliphatic carbocycles. The van der Waals surface area contributed by atoms with E-state index in [0.717, 1.165) is 42.1 Å². The topological polar surface area (TPSA) is 60.0 Å². The maximum Gasteiger partial charge on any atom is 0.251 e. The fourth-order valence-electron chi connectivity index (χ4n) is 4.33. The Kier molecular flexibility index (Phi) is 8.86. The summed E-state index contributed by atoms with van der Waals surface area (Å²) in [5, 5.41) is 3.03. The van der Waals surface area contributed by atoms with E-state index >= 15 is 0 Å². The van der Waals surface area contributed by atoms with Gasteiger partial charge in [-0.3, -0.25) is 4.79 Å². The molecule has 1 aliphatic heterocycles. The number of amides is 1. The molecule has 37 heavy (non-hydrogen) atoms. The standard InChI is InChI=1S/C31H36N2O4/c1-5-33(6-2)16-18-37-30-21-27(12-14-29(30)35-4)32-31(34)25-15-17-36-28-13-11-24(19-26(28)20-25)23-9-7-22(3)8-10-23/h7-14,19-21H,5-6,15-18H2,1-4H3,(H,32,34). The molecule has 0 spiro atoms. The van der Waals surface area contributed by atoms with Gasteiger partial charge in [0.25, 0.3) is 5.91 Å². The van der Waals surface area contributed by atoms with Crippen molar-refractivity contribution in [2.24, 2.45) is 0 Å². The highest BCUT2D eigenvalue weighted by molar-refractivity contribution is 6.07. The largest absolute Gasteiger partial charge is 0.493 e. The number of carbonyl (C=O) groups excluding carboxylic acids is 1. The molecule has 0 saturated carbocycles. The predicted octanol–water partition coefficient (Wildman–Crippen LogP) is 6.20. The molecule has 1 heterocycles. The highest BCUT2D eigenvalue weighted by atomic mass is 16.5. The Labute approximate surface area is 219 Å². The minimum Gasteiger partial charge on any atom is -0.493 e. The Morgan fingerprint density at radius 2 is 1.73 bits per heavy atom. The van der Waals surface area contributed by atoms with Crippen molar-refractivity contribution in [3.63, 3.8) is 0 Å². The van der Waals surface area contributed by atoms with Gasteiger partial charge in [-0.05, 0) is 61.5 Å². The molecule has 6 nitrogen and oxygen atoms in total. The first-order valence-corrected chi connectivity index (χ1v) is 12.9. The van der Waals surface area contributed by atoms with Crippen LogP contribution in [0, 0.1) is 6.92 Å². The lowest BCUT2D eigenvalue weighted by molar-refractivity contribution is -0.113. The van der Waals surface area contributed by atoms with Crippen LogP contribution in [0.5, 0.6) is 17.2 Å². The van der Waals surface area contributed by atoms with Crippen molar-refractivity contribution < 1.29 is 19.0 Å². The third-order valence-corrected chi connectivity index (χ3v) is 6.63. The molecule has 0 radical (unpaired) electrons. The Morgan fingerprint density at radius 3 is 2.46 bits per heavy atom. The summed E-state index contributed by atoms with van der Waals surface area (Å²) in [7, 11) is 1.61. The second kappa shape index (κ2) is 12.5. The van der Waals surface area contributed by atoms with Crippen LogP contribution in [0.2, 0.25) is 0 Å². The van der Waals surface area contributed by atoms with Crippen molar-refractivity contribution in [2.75, 3.05) is 45.3 Å². The molecular formula is C31H36N2O4. The van der Waals surface area contributed by atoms with Gasteiger partial charge in [0.15, 0.2) is 11.5 Å². The van der Waals surface area contributed by atoms with Crippen LogP contribution >= 0.6 is 0 Å². The Morgan fingerprint density at radius 1 is 0.973 bits per heavy atom. The van der Waals surface area contributed by atoms with E-state index in [1.54, 1.807) is 7.11 Å². The smallest absolute Gasteiger partial charge is 0.251 e. The van der Waals surface area contributed by atoms with Crippen molar-refractivity contribution in [3.8, 4) is 28.4 Å². The molecule has 3 aromatic rings. The number of anilines is 1. The summed E-state index contributed by atoms with van der Waals surface area (Å²) in [6.07, 6.45) is 2.45. The van der Waals surface area contributed by atoms with E-state index in [4.69, 9.17) is 14.2 Å². The van der Waals surface area contributed by atoms with Crippen LogP contribution in [0.3, 0.4) is 0 Å². The maximum atomic E-state index is 13.3. The number of hydrogen-bond acceptors (Lipinski definition) is 5. The summed E-state index contributed by atoms with van der Waals surface area (Å²) in [5.41, 5.74) is 5.65. The normalized spacial score (nSPS) is 12.7. The van der Waals surface area contributed by atoms with Gasteiger partial charge in [0.1, 0.15) is 12.4 Å². The molecule has 0 atom stereocenters. The number of carbonyl (C=O) groups is 1. The molecule has 0 aromatic heterocycles. The summed E-state index contributed by atoms with van der Waals surface area (Å²) >= 11 is 0. The van der Waals surface area contributed by atoms with Gasteiger partial charge in [0.05, 0.1) is 13.7 Å². The second-order valence-corrected chi connectivity index (χ2v) is 9.08. The molecule has 1 amide bonds. The molecule has 0 unspecified atom stereocenters.